The molecule has 0 fully saturated rings. The number of fused-ring (bicyclic) bond motifs is 3. The van der Waals surface area contributed by atoms with E-state index in [0.29, 0.717) is 0 Å². The fourth-order valence-corrected chi connectivity index (χ4v) is 3.00. The molecule has 4 nitrogen and oxygen atoms in total. The van der Waals surface area contributed by atoms with Gasteiger partial charge in [-0.15, -0.1) is 0 Å². The molecule has 0 amide bonds. The van der Waals surface area contributed by atoms with Gasteiger partial charge in [0.1, 0.15) is 0 Å². The van der Waals surface area contributed by atoms with Gasteiger partial charge in [-0.05, 0) is 54.6 Å². The van der Waals surface area contributed by atoms with Crippen LogP contribution in [0.4, 0.5) is 17.1 Å². The molecule has 0 unspecified atom stereocenters. The first-order chi connectivity index (χ1) is 10.6. The average Bonchev–Trinajstić information content (AvgIpc) is 2.80. The van der Waals surface area contributed by atoms with Crippen molar-refractivity contribution in [3.63, 3.8) is 0 Å². The van der Waals surface area contributed by atoms with Crippen LogP contribution in [0.1, 0.15) is 0 Å². The largest absolute Gasteiger partial charge is 0.399 e. The van der Waals surface area contributed by atoms with Gasteiger partial charge in [-0.2, -0.15) is 0 Å². The van der Waals surface area contributed by atoms with Crippen molar-refractivity contribution in [1.29, 1.82) is 0 Å². The van der Waals surface area contributed by atoms with Gasteiger partial charge in [-0.3, -0.25) is 0 Å². The Hall–Kier alpha value is -3.14. The minimum absolute atomic E-state index is 0.735. The topological polar surface area (TPSA) is 83.0 Å². The van der Waals surface area contributed by atoms with Gasteiger partial charge in [-0.25, -0.2) is 0 Å². The lowest BCUT2D eigenvalue weighted by molar-refractivity contribution is 1.18. The highest BCUT2D eigenvalue weighted by Crippen LogP contribution is 2.34. The third-order valence-corrected chi connectivity index (χ3v) is 3.94. The van der Waals surface area contributed by atoms with Gasteiger partial charge in [0, 0.05) is 33.5 Å². The maximum atomic E-state index is 5.96. The SMILES string of the molecule is Nc1cccc(-n2c3ccc(N)cc3c3cc(N)ccc32)c1. The first kappa shape index (κ1) is 12.6. The molecule has 0 aliphatic rings. The van der Waals surface area contributed by atoms with Crippen LogP contribution < -0.4 is 17.2 Å². The van der Waals surface area contributed by atoms with Gasteiger partial charge in [-0.1, -0.05) is 6.07 Å². The Morgan fingerprint density at radius 2 is 1.14 bits per heavy atom. The summed E-state index contributed by atoms with van der Waals surface area (Å²) < 4.78 is 2.18. The smallest absolute Gasteiger partial charge is 0.0542 e. The lowest BCUT2D eigenvalue weighted by atomic mass is 10.1. The summed E-state index contributed by atoms with van der Waals surface area (Å²) in [6.07, 6.45) is 0. The van der Waals surface area contributed by atoms with E-state index in [1.807, 2.05) is 60.7 Å². The predicted octanol–water partition coefficient (Wildman–Crippen LogP) is 3.53. The van der Waals surface area contributed by atoms with Crippen LogP contribution in [0.2, 0.25) is 0 Å². The Bertz CT molecular complexity index is 955. The van der Waals surface area contributed by atoms with Crippen molar-refractivity contribution in [2.24, 2.45) is 0 Å². The quantitative estimate of drug-likeness (QED) is 0.468. The van der Waals surface area contributed by atoms with Gasteiger partial charge in [0.05, 0.1) is 11.0 Å². The van der Waals surface area contributed by atoms with Crippen molar-refractivity contribution in [2.75, 3.05) is 17.2 Å². The van der Waals surface area contributed by atoms with E-state index in [1.165, 1.54) is 0 Å². The number of hydrogen-bond acceptors (Lipinski definition) is 3. The molecule has 22 heavy (non-hydrogen) atoms. The molecular formula is C18H16N4. The number of nitrogens with two attached hydrogens (primary N) is 3. The molecule has 6 N–H and O–H groups in total. The number of benzene rings is 3. The molecule has 108 valence electrons. The van der Waals surface area contributed by atoms with Crippen LogP contribution in [0.3, 0.4) is 0 Å². The standard InChI is InChI=1S/C18H16N4/c19-11-2-1-3-14(8-11)22-17-6-4-12(20)9-15(17)16-10-13(21)5-7-18(16)22/h1-10H,19-21H2. The predicted molar refractivity (Wildman–Crippen MR) is 94.0 cm³/mol. The summed E-state index contributed by atoms with van der Waals surface area (Å²) in [4.78, 5) is 0. The van der Waals surface area contributed by atoms with Crippen LogP contribution >= 0.6 is 0 Å². The number of anilines is 3. The van der Waals surface area contributed by atoms with Crippen molar-refractivity contribution in [3.05, 3.63) is 60.7 Å². The average molecular weight is 288 g/mol. The summed E-state index contributed by atoms with van der Waals surface area (Å²) in [6.45, 7) is 0. The van der Waals surface area contributed by atoms with E-state index >= 15 is 0 Å². The second-order valence-corrected chi connectivity index (χ2v) is 5.48. The summed E-state index contributed by atoms with van der Waals surface area (Å²) in [5, 5.41) is 2.18. The minimum Gasteiger partial charge on any atom is -0.399 e. The number of rotatable bonds is 1. The molecule has 0 saturated heterocycles. The van der Waals surface area contributed by atoms with E-state index < -0.39 is 0 Å². The van der Waals surface area contributed by atoms with Gasteiger partial charge in [0.15, 0.2) is 0 Å². The molecule has 0 atom stereocenters. The fraction of sp³-hybridized carbons (Fsp3) is 0. The molecule has 4 aromatic rings. The fourth-order valence-electron chi connectivity index (χ4n) is 3.00. The summed E-state index contributed by atoms with van der Waals surface area (Å²) in [6, 6.07) is 19.7. The third kappa shape index (κ3) is 1.78. The van der Waals surface area contributed by atoms with Crippen LogP contribution in [0.25, 0.3) is 27.5 Å². The molecule has 4 heteroatoms. The summed E-state index contributed by atoms with van der Waals surface area (Å²) in [5.41, 5.74) is 23.3. The van der Waals surface area contributed by atoms with E-state index in [1.54, 1.807) is 0 Å². The van der Waals surface area contributed by atoms with Crippen LogP contribution in [-0.4, -0.2) is 4.57 Å². The highest BCUT2D eigenvalue weighted by atomic mass is 15.0. The van der Waals surface area contributed by atoms with Gasteiger partial charge in [0.2, 0.25) is 0 Å². The molecule has 0 radical (unpaired) electrons. The van der Waals surface area contributed by atoms with Gasteiger partial charge < -0.3 is 21.8 Å². The number of aromatic nitrogens is 1. The van der Waals surface area contributed by atoms with E-state index in [2.05, 4.69) is 4.57 Å². The van der Waals surface area contributed by atoms with Crippen molar-refractivity contribution in [2.45, 2.75) is 0 Å². The Balaban J connectivity index is 2.20. The zero-order valence-corrected chi connectivity index (χ0v) is 12.0. The molecule has 0 saturated carbocycles. The summed E-state index contributed by atoms with van der Waals surface area (Å²) in [7, 11) is 0. The van der Waals surface area contributed by atoms with Crippen molar-refractivity contribution < 1.29 is 0 Å². The molecule has 4 rings (SSSR count). The number of hydrogen-bond donors (Lipinski definition) is 3. The minimum atomic E-state index is 0.735. The highest BCUT2D eigenvalue weighted by molar-refractivity contribution is 6.11. The monoisotopic (exact) mass is 288 g/mol. The maximum Gasteiger partial charge on any atom is 0.0542 e. The molecular weight excluding hydrogens is 272 g/mol. The van der Waals surface area contributed by atoms with Crippen LogP contribution in [0.15, 0.2) is 60.7 Å². The lowest BCUT2D eigenvalue weighted by Gasteiger charge is -2.08. The number of nitrogens with zero attached hydrogens (tertiary/aromatic N) is 1. The van der Waals surface area contributed by atoms with E-state index in [0.717, 1.165) is 44.6 Å². The molecule has 0 aliphatic carbocycles. The molecule has 0 aliphatic heterocycles. The van der Waals surface area contributed by atoms with Crippen molar-refractivity contribution >= 4 is 38.9 Å². The van der Waals surface area contributed by atoms with Gasteiger partial charge >= 0.3 is 0 Å². The second-order valence-electron chi connectivity index (χ2n) is 5.48. The maximum absolute atomic E-state index is 5.96. The van der Waals surface area contributed by atoms with Crippen molar-refractivity contribution in [1.82, 2.24) is 4.57 Å². The van der Waals surface area contributed by atoms with Crippen molar-refractivity contribution in [3.8, 4) is 5.69 Å². The Morgan fingerprint density at radius 3 is 1.68 bits per heavy atom. The zero-order chi connectivity index (χ0) is 15.3. The third-order valence-electron chi connectivity index (χ3n) is 3.94. The molecule has 0 bridgehead atoms. The summed E-state index contributed by atoms with van der Waals surface area (Å²) >= 11 is 0. The first-order valence-corrected chi connectivity index (χ1v) is 7.08. The first-order valence-electron chi connectivity index (χ1n) is 7.08. The zero-order valence-electron chi connectivity index (χ0n) is 12.0. The van der Waals surface area contributed by atoms with E-state index in [9.17, 15) is 0 Å². The Morgan fingerprint density at radius 1 is 0.591 bits per heavy atom. The normalized spacial score (nSPS) is 11.3. The van der Waals surface area contributed by atoms with E-state index in [4.69, 9.17) is 17.2 Å². The van der Waals surface area contributed by atoms with Gasteiger partial charge in [0.25, 0.3) is 0 Å². The highest BCUT2D eigenvalue weighted by Gasteiger charge is 2.12. The molecule has 1 aromatic heterocycles. The van der Waals surface area contributed by atoms with Crippen LogP contribution in [-0.2, 0) is 0 Å². The van der Waals surface area contributed by atoms with E-state index in [-0.39, 0.29) is 0 Å². The molecule has 1 heterocycles. The summed E-state index contributed by atoms with van der Waals surface area (Å²) in [5.74, 6) is 0. The molecule has 0 spiro atoms. The number of nitrogen functional groups attached to an aromatic ring is 3. The lowest BCUT2D eigenvalue weighted by Crippen LogP contribution is -1.95. The molecule has 3 aromatic carbocycles. The Kier molecular flexibility index (Phi) is 2.53. The van der Waals surface area contributed by atoms with Crippen LogP contribution in [0, 0.1) is 0 Å². The Labute approximate surface area is 127 Å². The van der Waals surface area contributed by atoms with Crippen LogP contribution in [0.5, 0.6) is 0 Å². The second kappa shape index (κ2) is 4.43.